The molecule has 0 aromatic heterocycles. The number of rotatable bonds is 2. The lowest BCUT2D eigenvalue weighted by atomic mass is 9.95. The van der Waals surface area contributed by atoms with Crippen molar-refractivity contribution in [3.05, 3.63) is 0 Å². The van der Waals surface area contributed by atoms with Crippen molar-refractivity contribution in [2.75, 3.05) is 32.4 Å². The van der Waals surface area contributed by atoms with Crippen molar-refractivity contribution in [3.63, 3.8) is 0 Å². The molecular weight excluding hydrogens is 294 g/mol. The van der Waals surface area contributed by atoms with Gasteiger partial charge in [-0.25, -0.2) is 8.42 Å². The van der Waals surface area contributed by atoms with Crippen molar-refractivity contribution in [2.24, 2.45) is 11.8 Å². The summed E-state index contributed by atoms with van der Waals surface area (Å²) in [5.74, 6) is 1.71. The summed E-state index contributed by atoms with van der Waals surface area (Å²) in [6, 6.07) is 0.550. The summed E-state index contributed by atoms with van der Waals surface area (Å²) in [5, 5.41) is 4.34. The molecule has 20 heavy (non-hydrogen) atoms. The summed E-state index contributed by atoms with van der Waals surface area (Å²) in [4.78, 5) is 2.11. The highest BCUT2D eigenvalue weighted by atomic mass is 32.2. The molecule has 5 nitrogen and oxygen atoms in total. The van der Waals surface area contributed by atoms with Crippen LogP contribution in [0.2, 0.25) is 0 Å². The van der Waals surface area contributed by atoms with Gasteiger partial charge in [0.2, 0.25) is 10.0 Å². The predicted molar refractivity (Wildman–Crippen MR) is 83.0 cm³/mol. The van der Waals surface area contributed by atoms with Crippen LogP contribution in [0.25, 0.3) is 0 Å². The van der Waals surface area contributed by atoms with E-state index in [0.29, 0.717) is 32.2 Å². The Morgan fingerprint density at radius 1 is 1.15 bits per heavy atom. The van der Waals surface area contributed by atoms with Crippen molar-refractivity contribution < 1.29 is 8.42 Å². The van der Waals surface area contributed by atoms with Crippen LogP contribution in [-0.2, 0) is 10.0 Å². The predicted octanol–water partition coefficient (Wildman–Crippen LogP) is 0.627. The first-order valence-electron chi connectivity index (χ1n) is 7.44. The smallest absolute Gasteiger partial charge is 0.211 e. The molecule has 0 amide bonds. The third kappa shape index (κ3) is 2.94. The van der Waals surface area contributed by atoms with Crippen LogP contribution in [0.3, 0.4) is 0 Å². The molecule has 0 aromatic carbocycles. The summed E-state index contributed by atoms with van der Waals surface area (Å²) in [6.45, 7) is 2.47. The first kappa shape index (κ1) is 14.5. The van der Waals surface area contributed by atoms with E-state index in [1.54, 1.807) is 0 Å². The fourth-order valence-corrected chi connectivity index (χ4v) is 5.05. The maximum Gasteiger partial charge on any atom is 0.211 e. The molecule has 3 unspecified atom stereocenters. The lowest BCUT2D eigenvalue weighted by Gasteiger charge is -2.36. The molecule has 2 aliphatic carbocycles. The highest BCUT2D eigenvalue weighted by molar-refractivity contribution is 7.88. The average molecular weight is 317 g/mol. The van der Waals surface area contributed by atoms with Gasteiger partial charge >= 0.3 is 0 Å². The minimum absolute atomic E-state index is 0.539. The molecule has 2 bridgehead atoms. The molecular formula is C13H23N3O2S2. The minimum atomic E-state index is -3.06. The Morgan fingerprint density at radius 2 is 1.85 bits per heavy atom. The van der Waals surface area contributed by atoms with Gasteiger partial charge in [-0.05, 0) is 43.3 Å². The van der Waals surface area contributed by atoms with E-state index in [2.05, 4.69) is 10.2 Å². The largest absolute Gasteiger partial charge is 0.360 e. The molecule has 0 spiro atoms. The van der Waals surface area contributed by atoms with E-state index >= 15 is 0 Å². The Hall–Kier alpha value is -0.400. The Kier molecular flexibility index (Phi) is 3.94. The first-order chi connectivity index (χ1) is 9.43. The second-order valence-electron chi connectivity index (χ2n) is 6.38. The zero-order chi connectivity index (χ0) is 14.3. The monoisotopic (exact) mass is 317 g/mol. The third-order valence-electron chi connectivity index (χ3n) is 5.04. The molecule has 0 radical (unpaired) electrons. The Labute approximate surface area is 126 Å². The molecule has 114 valence electrons. The van der Waals surface area contributed by atoms with Crippen LogP contribution in [0.4, 0.5) is 0 Å². The van der Waals surface area contributed by atoms with Gasteiger partial charge in [0.1, 0.15) is 0 Å². The highest BCUT2D eigenvalue weighted by Gasteiger charge is 2.40. The number of sulfonamides is 1. The van der Waals surface area contributed by atoms with Gasteiger partial charge in [0.25, 0.3) is 0 Å². The average Bonchev–Trinajstić information content (AvgIpc) is 3.00. The molecule has 2 saturated carbocycles. The highest BCUT2D eigenvalue weighted by Crippen LogP contribution is 2.44. The number of thiocarbonyl (C=S) groups is 1. The van der Waals surface area contributed by atoms with Crippen LogP contribution in [0.1, 0.15) is 25.7 Å². The molecule has 3 rings (SSSR count). The second-order valence-corrected chi connectivity index (χ2v) is 8.75. The standard InChI is InChI=1S/C13H23N3O2S2/c1-20(17,18)16-6-4-15(5-7-16)13(19)14-12-9-10-2-3-11(12)8-10/h10-12H,2-9H2,1H3,(H,14,19). The summed E-state index contributed by atoms with van der Waals surface area (Å²) >= 11 is 5.51. The van der Waals surface area contributed by atoms with Crippen molar-refractivity contribution in [1.29, 1.82) is 0 Å². The van der Waals surface area contributed by atoms with Crippen LogP contribution < -0.4 is 5.32 Å². The number of hydrogen-bond donors (Lipinski definition) is 1. The van der Waals surface area contributed by atoms with Gasteiger partial charge in [-0.2, -0.15) is 4.31 Å². The Bertz CT molecular complexity index is 486. The Morgan fingerprint density at radius 3 is 2.35 bits per heavy atom. The number of nitrogens with zero attached hydrogens (tertiary/aromatic N) is 2. The molecule has 7 heteroatoms. The first-order valence-corrected chi connectivity index (χ1v) is 9.69. The maximum absolute atomic E-state index is 11.5. The van der Waals surface area contributed by atoms with E-state index < -0.39 is 10.0 Å². The summed E-state index contributed by atoms with van der Waals surface area (Å²) < 4.78 is 24.5. The van der Waals surface area contributed by atoms with Crippen molar-refractivity contribution in [1.82, 2.24) is 14.5 Å². The normalized spacial score (nSPS) is 34.5. The minimum Gasteiger partial charge on any atom is -0.360 e. The zero-order valence-corrected chi connectivity index (χ0v) is 13.5. The molecule has 1 N–H and O–H groups in total. The van der Waals surface area contributed by atoms with Gasteiger partial charge in [0.15, 0.2) is 5.11 Å². The maximum atomic E-state index is 11.5. The van der Waals surface area contributed by atoms with Crippen LogP contribution in [-0.4, -0.2) is 61.2 Å². The van der Waals surface area contributed by atoms with Crippen LogP contribution >= 0.6 is 12.2 Å². The molecule has 1 heterocycles. The summed E-state index contributed by atoms with van der Waals surface area (Å²) in [6.07, 6.45) is 6.63. The fourth-order valence-electron chi connectivity index (χ4n) is 3.89. The van der Waals surface area contributed by atoms with Gasteiger partial charge < -0.3 is 10.2 Å². The summed E-state index contributed by atoms with van der Waals surface area (Å²) in [5.41, 5.74) is 0. The van der Waals surface area contributed by atoms with Crippen LogP contribution in [0, 0.1) is 11.8 Å². The molecule has 1 saturated heterocycles. The molecule has 1 aliphatic heterocycles. The van der Waals surface area contributed by atoms with E-state index in [4.69, 9.17) is 12.2 Å². The molecule has 3 fully saturated rings. The second kappa shape index (κ2) is 5.42. The van der Waals surface area contributed by atoms with Crippen molar-refractivity contribution in [2.45, 2.75) is 31.7 Å². The molecule has 3 aliphatic rings. The van der Waals surface area contributed by atoms with E-state index in [-0.39, 0.29) is 0 Å². The van der Waals surface area contributed by atoms with Gasteiger partial charge in [0.05, 0.1) is 6.26 Å². The lowest BCUT2D eigenvalue weighted by molar-refractivity contribution is 0.259. The zero-order valence-electron chi connectivity index (χ0n) is 11.9. The van der Waals surface area contributed by atoms with Gasteiger partial charge in [-0.15, -0.1) is 0 Å². The number of hydrogen-bond acceptors (Lipinski definition) is 3. The van der Waals surface area contributed by atoms with Crippen LogP contribution in [0.15, 0.2) is 0 Å². The van der Waals surface area contributed by atoms with E-state index in [9.17, 15) is 8.42 Å². The van der Waals surface area contributed by atoms with Gasteiger partial charge in [0, 0.05) is 32.2 Å². The number of nitrogens with one attached hydrogen (secondary N) is 1. The van der Waals surface area contributed by atoms with Gasteiger partial charge in [-0.3, -0.25) is 0 Å². The van der Waals surface area contributed by atoms with Crippen molar-refractivity contribution in [3.8, 4) is 0 Å². The molecule has 0 aromatic rings. The van der Waals surface area contributed by atoms with E-state index in [1.165, 1.54) is 36.2 Å². The fraction of sp³-hybridized carbons (Fsp3) is 0.923. The van der Waals surface area contributed by atoms with Crippen LogP contribution in [0.5, 0.6) is 0 Å². The SMILES string of the molecule is CS(=O)(=O)N1CCN(C(=S)NC2CC3CCC2C3)CC1. The van der Waals surface area contributed by atoms with Gasteiger partial charge in [-0.1, -0.05) is 6.42 Å². The lowest BCUT2D eigenvalue weighted by Crippen LogP contribution is -2.54. The van der Waals surface area contributed by atoms with Crippen molar-refractivity contribution >= 4 is 27.4 Å². The number of piperazine rings is 1. The summed E-state index contributed by atoms with van der Waals surface area (Å²) in [7, 11) is -3.06. The van der Waals surface area contributed by atoms with E-state index in [1.807, 2.05) is 0 Å². The van der Waals surface area contributed by atoms with E-state index in [0.717, 1.165) is 16.9 Å². The number of fused-ring (bicyclic) bond motifs is 2. The molecule has 3 atom stereocenters. The quantitative estimate of drug-likeness (QED) is 0.757. The topological polar surface area (TPSA) is 52.7 Å². The third-order valence-corrected chi connectivity index (χ3v) is 6.72. The Balaban J connectivity index is 1.50.